The van der Waals surface area contributed by atoms with Crippen molar-refractivity contribution in [3.05, 3.63) is 0 Å². The Kier molecular flexibility index (Phi) is 4.98. The third-order valence-corrected chi connectivity index (χ3v) is 5.31. The molecule has 0 aliphatic heterocycles. The molecule has 0 bridgehead atoms. The Hall–Kier alpha value is -0.130. The first-order chi connectivity index (χ1) is 7.85. The summed E-state index contributed by atoms with van der Waals surface area (Å²) < 4.78 is 25.5. The Balaban J connectivity index is 2.96. The number of nitrogens with two attached hydrogens (primary N) is 1. The van der Waals surface area contributed by atoms with Crippen molar-refractivity contribution < 1.29 is 8.42 Å². The molecule has 0 unspecified atom stereocenters. The van der Waals surface area contributed by atoms with Gasteiger partial charge in [0, 0.05) is 18.6 Å². The molecule has 0 radical (unpaired) electrons. The normalized spacial score (nSPS) is 30.8. The molecule has 1 saturated carbocycles. The molecule has 0 atom stereocenters. The van der Waals surface area contributed by atoms with Crippen LogP contribution in [0.4, 0.5) is 0 Å². The molecule has 0 aromatic heterocycles. The van der Waals surface area contributed by atoms with E-state index in [9.17, 15) is 8.42 Å². The Morgan fingerprint density at radius 2 is 1.88 bits per heavy atom. The molecule has 1 fully saturated rings. The van der Waals surface area contributed by atoms with Gasteiger partial charge in [-0.05, 0) is 38.0 Å². The lowest BCUT2D eigenvalue weighted by Crippen LogP contribution is -2.57. The van der Waals surface area contributed by atoms with E-state index in [-0.39, 0.29) is 5.54 Å². The van der Waals surface area contributed by atoms with Crippen LogP contribution in [0.3, 0.4) is 0 Å². The van der Waals surface area contributed by atoms with Gasteiger partial charge in [-0.2, -0.15) is 4.31 Å². The highest BCUT2D eigenvalue weighted by Crippen LogP contribution is 2.37. The van der Waals surface area contributed by atoms with Gasteiger partial charge >= 0.3 is 0 Å². The van der Waals surface area contributed by atoms with Crippen LogP contribution in [0.25, 0.3) is 0 Å². The van der Waals surface area contributed by atoms with Crippen molar-refractivity contribution in [1.82, 2.24) is 4.31 Å². The number of hydrogen-bond acceptors (Lipinski definition) is 3. The van der Waals surface area contributed by atoms with Crippen molar-refractivity contribution in [2.75, 3.05) is 19.3 Å². The smallest absolute Gasteiger partial charge is 0.211 e. The van der Waals surface area contributed by atoms with Gasteiger partial charge in [-0.1, -0.05) is 13.8 Å². The summed E-state index contributed by atoms with van der Waals surface area (Å²) in [5.41, 5.74) is 5.58. The summed E-state index contributed by atoms with van der Waals surface area (Å²) >= 11 is 0. The highest BCUT2D eigenvalue weighted by molar-refractivity contribution is 7.88. The quantitative estimate of drug-likeness (QED) is 0.818. The maximum absolute atomic E-state index is 11.9. The second kappa shape index (κ2) is 5.67. The maximum Gasteiger partial charge on any atom is 0.211 e. The molecule has 0 aromatic carbocycles. The number of nitrogens with zero attached hydrogens (tertiary/aromatic N) is 1. The Bertz CT molecular complexity index is 332. The summed E-state index contributed by atoms with van der Waals surface area (Å²) in [5, 5.41) is 0. The third kappa shape index (κ3) is 3.42. The van der Waals surface area contributed by atoms with E-state index < -0.39 is 10.0 Å². The van der Waals surface area contributed by atoms with E-state index in [1.807, 2.05) is 6.92 Å². The van der Waals surface area contributed by atoms with Crippen LogP contribution in [0.1, 0.15) is 46.0 Å². The highest BCUT2D eigenvalue weighted by atomic mass is 32.2. The fourth-order valence-corrected chi connectivity index (χ4v) is 4.29. The summed E-state index contributed by atoms with van der Waals surface area (Å²) in [6.45, 7) is 5.26. The fraction of sp³-hybridized carbons (Fsp3) is 1.00. The largest absolute Gasteiger partial charge is 0.329 e. The molecule has 0 amide bonds. The number of hydrogen-bond donors (Lipinski definition) is 1. The van der Waals surface area contributed by atoms with E-state index in [2.05, 4.69) is 6.92 Å². The summed E-state index contributed by atoms with van der Waals surface area (Å²) in [6, 6.07) is 0. The van der Waals surface area contributed by atoms with Gasteiger partial charge in [0.2, 0.25) is 10.0 Å². The zero-order chi connectivity index (χ0) is 13.1. The average Bonchev–Trinajstić information content (AvgIpc) is 2.27. The fourth-order valence-electron chi connectivity index (χ4n) is 2.81. The van der Waals surface area contributed by atoms with Gasteiger partial charge in [-0.3, -0.25) is 0 Å². The zero-order valence-corrected chi connectivity index (χ0v) is 12.1. The zero-order valence-electron chi connectivity index (χ0n) is 11.3. The van der Waals surface area contributed by atoms with E-state index in [0.29, 0.717) is 19.0 Å². The van der Waals surface area contributed by atoms with E-state index in [4.69, 9.17) is 5.73 Å². The highest BCUT2D eigenvalue weighted by Gasteiger charge is 2.42. The topological polar surface area (TPSA) is 63.4 Å². The predicted octanol–water partition coefficient (Wildman–Crippen LogP) is 1.57. The van der Waals surface area contributed by atoms with Crippen LogP contribution in [0.2, 0.25) is 0 Å². The first kappa shape index (κ1) is 14.9. The van der Waals surface area contributed by atoms with Crippen LogP contribution in [0, 0.1) is 5.92 Å². The first-order valence-corrected chi connectivity index (χ1v) is 8.38. The van der Waals surface area contributed by atoms with Crippen molar-refractivity contribution in [2.24, 2.45) is 11.7 Å². The predicted molar refractivity (Wildman–Crippen MR) is 71.3 cm³/mol. The summed E-state index contributed by atoms with van der Waals surface area (Å²) in [6.07, 6.45) is 6.10. The molecular formula is C12H26N2O2S. The van der Waals surface area contributed by atoms with Gasteiger partial charge < -0.3 is 5.73 Å². The minimum absolute atomic E-state index is 0.323. The molecule has 5 heteroatoms. The summed E-state index contributed by atoms with van der Waals surface area (Å²) in [7, 11) is -3.16. The van der Waals surface area contributed by atoms with Crippen molar-refractivity contribution >= 4 is 10.0 Å². The first-order valence-electron chi connectivity index (χ1n) is 6.53. The Morgan fingerprint density at radius 3 is 2.24 bits per heavy atom. The lowest BCUT2D eigenvalue weighted by molar-refractivity contribution is 0.116. The molecule has 102 valence electrons. The minimum atomic E-state index is -3.16. The molecule has 17 heavy (non-hydrogen) atoms. The summed E-state index contributed by atoms with van der Waals surface area (Å²) in [5.74, 6) is 0.692. The minimum Gasteiger partial charge on any atom is -0.329 e. The van der Waals surface area contributed by atoms with Crippen LogP contribution >= 0.6 is 0 Å². The SMILES string of the molecule is CCCN(C1(CN)CCC(C)CC1)S(C)(=O)=O. The van der Waals surface area contributed by atoms with Crippen molar-refractivity contribution in [1.29, 1.82) is 0 Å². The lowest BCUT2D eigenvalue weighted by atomic mass is 9.77. The van der Waals surface area contributed by atoms with Crippen molar-refractivity contribution in [2.45, 2.75) is 51.5 Å². The Labute approximate surface area is 106 Å². The molecule has 0 saturated heterocycles. The van der Waals surface area contributed by atoms with Crippen molar-refractivity contribution in [3.8, 4) is 0 Å². The van der Waals surface area contributed by atoms with E-state index >= 15 is 0 Å². The molecule has 1 aliphatic rings. The monoisotopic (exact) mass is 262 g/mol. The van der Waals surface area contributed by atoms with Gasteiger partial charge in [0.1, 0.15) is 0 Å². The van der Waals surface area contributed by atoms with Gasteiger partial charge in [0.25, 0.3) is 0 Å². The third-order valence-electron chi connectivity index (χ3n) is 3.94. The van der Waals surface area contributed by atoms with E-state index in [0.717, 1.165) is 32.1 Å². The van der Waals surface area contributed by atoms with Gasteiger partial charge in [-0.25, -0.2) is 8.42 Å². The van der Waals surface area contributed by atoms with Crippen molar-refractivity contribution in [3.63, 3.8) is 0 Å². The molecule has 2 N–H and O–H groups in total. The second-order valence-electron chi connectivity index (χ2n) is 5.45. The lowest BCUT2D eigenvalue weighted by Gasteiger charge is -2.45. The van der Waals surface area contributed by atoms with Crippen LogP contribution in [0.15, 0.2) is 0 Å². The number of rotatable bonds is 5. The van der Waals surface area contributed by atoms with Gasteiger partial charge in [0.05, 0.1) is 6.26 Å². The van der Waals surface area contributed by atoms with E-state index in [1.165, 1.54) is 6.26 Å². The summed E-state index contributed by atoms with van der Waals surface area (Å²) in [4.78, 5) is 0. The van der Waals surface area contributed by atoms with Crippen LogP contribution < -0.4 is 5.73 Å². The van der Waals surface area contributed by atoms with Gasteiger partial charge in [0.15, 0.2) is 0 Å². The Morgan fingerprint density at radius 1 is 1.35 bits per heavy atom. The standard InChI is InChI=1S/C12H26N2O2S/c1-4-9-14(17(3,15)16)12(10-13)7-5-11(2)6-8-12/h11H,4-10,13H2,1-3H3. The average molecular weight is 262 g/mol. The second-order valence-corrected chi connectivity index (χ2v) is 7.35. The van der Waals surface area contributed by atoms with Crippen LogP contribution in [-0.4, -0.2) is 37.6 Å². The molecule has 0 heterocycles. The molecule has 0 spiro atoms. The van der Waals surface area contributed by atoms with Crippen LogP contribution in [-0.2, 0) is 10.0 Å². The molecule has 0 aromatic rings. The van der Waals surface area contributed by atoms with E-state index in [1.54, 1.807) is 4.31 Å². The number of sulfonamides is 1. The molecule has 1 rings (SSSR count). The molecular weight excluding hydrogens is 236 g/mol. The van der Waals surface area contributed by atoms with Gasteiger partial charge in [-0.15, -0.1) is 0 Å². The maximum atomic E-state index is 11.9. The molecule has 1 aliphatic carbocycles. The molecule has 4 nitrogen and oxygen atoms in total. The van der Waals surface area contributed by atoms with Crippen LogP contribution in [0.5, 0.6) is 0 Å².